The number of unbranched alkanes of at least 4 members (excludes halogenated alkanes) is 47. The standard InChI is InChI=1S/C79H154O17P2/c1-7-10-12-14-16-18-20-22-23-24-25-26-27-28-29-30-31-33-39-45-52-58-64-79(84)95-74(67-89-76(81)61-55-49-43-37-35-34-36-42-48-54-60-72(6)9-3)69-93-97(85,86)91-65-73(80)66-92-98(87,88)94-70-75(68-90-77(82)62-56-50-46-40-41-47-53-59-71(4)5)96-78(83)63-57-51-44-38-32-21-19-17-15-13-11-8-2/h71-75,80H,7-70H2,1-6H3,(H,85,86)(H,87,88)/t72?,73-,74-,75-/m1/s1. The number of phosphoric acid groups is 2. The van der Waals surface area contributed by atoms with Crippen LogP contribution in [0.25, 0.3) is 0 Å². The monoisotopic (exact) mass is 1440 g/mol. The van der Waals surface area contributed by atoms with E-state index in [1.54, 1.807) is 0 Å². The summed E-state index contributed by atoms with van der Waals surface area (Å²) >= 11 is 0. The van der Waals surface area contributed by atoms with Crippen LogP contribution >= 0.6 is 15.6 Å². The maximum absolute atomic E-state index is 13.1. The number of aliphatic hydroxyl groups excluding tert-OH is 1. The van der Waals surface area contributed by atoms with E-state index in [0.29, 0.717) is 31.6 Å². The Morgan fingerprint density at radius 1 is 0.296 bits per heavy atom. The summed E-state index contributed by atoms with van der Waals surface area (Å²) in [6.07, 6.45) is 59.8. The zero-order chi connectivity index (χ0) is 72.1. The molecule has 0 spiro atoms. The van der Waals surface area contributed by atoms with Gasteiger partial charge in [-0.1, -0.05) is 363 Å². The summed E-state index contributed by atoms with van der Waals surface area (Å²) in [5, 5.41) is 10.6. The van der Waals surface area contributed by atoms with Crippen molar-refractivity contribution in [1.82, 2.24) is 0 Å². The molecule has 0 aliphatic rings. The lowest BCUT2D eigenvalue weighted by Gasteiger charge is -2.21. The molecular weight excluding hydrogens is 1280 g/mol. The van der Waals surface area contributed by atoms with Crippen LogP contribution in [0, 0.1) is 11.8 Å². The van der Waals surface area contributed by atoms with E-state index in [1.165, 1.54) is 225 Å². The summed E-state index contributed by atoms with van der Waals surface area (Å²) in [7, 11) is -9.91. The molecular formula is C79H154O17P2. The average Bonchev–Trinajstić information content (AvgIpc) is 0.935. The molecule has 0 radical (unpaired) electrons. The Balaban J connectivity index is 5.20. The molecule has 0 aromatic carbocycles. The Bertz CT molecular complexity index is 1890. The van der Waals surface area contributed by atoms with Gasteiger partial charge in [0, 0.05) is 25.7 Å². The highest BCUT2D eigenvalue weighted by Crippen LogP contribution is 2.45. The van der Waals surface area contributed by atoms with Crippen LogP contribution in [-0.4, -0.2) is 96.7 Å². The summed E-state index contributed by atoms with van der Waals surface area (Å²) in [4.78, 5) is 72.9. The maximum Gasteiger partial charge on any atom is 0.472 e. The third-order valence-corrected chi connectivity index (χ3v) is 20.7. The van der Waals surface area contributed by atoms with E-state index in [9.17, 15) is 43.2 Å². The molecule has 6 atom stereocenters. The van der Waals surface area contributed by atoms with Gasteiger partial charge in [0.1, 0.15) is 19.3 Å². The van der Waals surface area contributed by atoms with Crippen LogP contribution in [0.2, 0.25) is 0 Å². The summed E-state index contributed by atoms with van der Waals surface area (Å²) in [6.45, 7) is 9.58. The fourth-order valence-corrected chi connectivity index (χ4v) is 13.7. The number of carbonyl (C=O) groups is 4. The Morgan fingerprint density at radius 2 is 0.520 bits per heavy atom. The molecule has 0 amide bonds. The maximum atomic E-state index is 13.1. The Labute approximate surface area is 600 Å². The Kier molecular flexibility index (Phi) is 69.3. The first kappa shape index (κ1) is 96.1. The van der Waals surface area contributed by atoms with Gasteiger partial charge in [0.15, 0.2) is 12.2 Å². The van der Waals surface area contributed by atoms with Gasteiger partial charge in [0.05, 0.1) is 26.4 Å². The predicted molar refractivity (Wildman–Crippen MR) is 400 cm³/mol. The molecule has 0 aliphatic heterocycles. The smallest absolute Gasteiger partial charge is 0.462 e. The van der Waals surface area contributed by atoms with Gasteiger partial charge in [-0.25, -0.2) is 9.13 Å². The topological polar surface area (TPSA) is 237 Å². The highest BCUT2D eigenvalue weighted by atomic mass is 31.2. The number of ether oxygens (including phenoxy) is 4. The minimum atomic E-state index is -4.96. The number of phosphoric ester groups is 2. The van der Waals surface area contributed by atoms with Crippen molar-refractivity contribution in [2.45, 2.75) is 432 Å². The molecule has 0 saturated heterocycles. The van der Waals surface area contributed by atoms with Crippen LogP contribution in [0.15, 0.2) is 0 Å². The molecule has 0 aliphatic carbocycles. The number of esters is 4. The number of rotatable bonds is 78. The lowest BCUT2D eigenvalue weighted by atomic mass is 9.99. The molecule has 0 aromatic rings. The van der Waals surface area contributed by atoms with E-state index < -0.39 is 97.5 Å². The van der Waals surface area contributed by atoms with E-state index in [0.717, 1.165) is 102 Å². The van der Waals surface area contributed by atoms with Crippen LogP contribution in [0.4, 0.5) is 0 Å². The lowest BCUT2D eigenvalue weighted by Crippen LogP contribution is -2.30. The molecule has 0 aromatic heterocycles. The van der Waals surface area contributed by atoms with E-state index in [2.05, 4.69) is 41.5 Å². The minimum absolute atomic E-state index is 0.107. The van der Waals surface area contributed by atoms with Gasteiger partial charge in [-0.3, -0.25) is 37.3 Å². The molecule has 3 unspecified atom stereocenters. The fraction of sp³-hybridized carbons (Fsp3) is 0.949. The van der Waals surface area contributed by atoms with Crippen LogP contribution in [0.5, 0.6) is 0 Å². The van der Waals surface area contributed by atoms with Crippen molar-refractivity contribution in [2.24, 2.45) is 11.8 Å². The van der Waals surface area contributed by atoms with E-state index in [1.807, 2.05) is 0 Å². The van der Waals surface area contributed by atoms with Gasteiger partial charge in [-0.2, -0.15) is 0 Å². The van der Waals surface area contributed by atoms with Gasteiger partial charge in [0.2, 0.25) is 0 Å². The average molecular weight is 1440 g/mol. The number of hydrogen-bond donors (Lipinski definition) is 3. The van der Waals surface area contributed by atoms with Gasteiger partial charge >= 0.3 is 39.5 Å². The molecule has 3 N–H and O–H groups in total. The third-order valence-electron chi connectivity index (χ3n) is 18.8. The van der Waals surface area contributed by atoms with E-state index in [4.69, 9.17) is 37.0 Å². The van der Waals surface area contributed by atoms with Crippen molar-refractivity contribution in [3.05, 3.63) is 0 Å². The van der Waals surface area contributed by atoms with Crippen LogP contribution in [0.1, 0.15) is 414 Å². The quantitative estimate of drug-likeness (QED) is 0.0222. The molecule has 0 saturated carbocycles. The van der Waals surface area contributed by atoms with Crippen LogP contribution in [-0.2, 0) is 65.4 Å². The Hall–Kier alpha value is -1.94. The van der Waals surface area contributed by atoms with Crippen molar-refractivity contribution in [3.8, 4) is 0 Å². The highest BCUT2D eigenvalue weighted by molar-refractivity contribution is 7.47. The Morgan fingerprint density at radius 3 is 0.776 bits per heavy atom. The van der Waals surface area contributed by atoms with Crippen molar-refractivity contribution in [1.29, 1.82) is 0 Å². The van der Waals surface area contributed by atoms with Gasteiger partial charge in [-0.05, 0) is 37.5 Å². The molecule has 0 rings (SSSR count). The molecule has 0 heterocycles. The minimum Gasteiger partial charge on any atom is -0.462 e. The largest absolute Gasteiger partial charge is 0.472 e. The molecule has 582 valence electrons. The van der Waals surface area contributed by atoms with Crippen LogP contribution in [0.3, 0.4) is 0 Å². The zero-order valence-electron chi connectivity index (χ0n) is 64.1. The normalized spacial score (nSPS) is 14.2. The molecule has 17 nitrogen and oxygen atoms in total. The number of hydrogen-bond acceptors (Lipinski definition) is 15. The third kappa shape index (κ3) is 71.1. The second kappa shape index (κ2) is 70.7. The van der Waals surface area contributed by atoms with Gasteiger partial charge in [-0.15, -0.1) is 0 Å². The summed E-state index contributed by atoms with van der Waals surface area (Å²) in [5.41, 5.74) is 0. The van der Waals surface area contributed by atoms with Gasteiger partial charge in [0.25, 0.3) is 0 Å². The van der Waals surface area contributed by atoms with Crippen molar-refractivity contribution >= 4 is 39.5 Å². The molecule has 0 bridgehead atoms. The van der Waals surface area contributed by atoms with E-state index >= 15 is 0 Å². The SMILES string of the molecule is CCCCCCCCCCCCCCCCCCCCCCCCC(=O)O[C@H](COC(=O)CCCCCCCCCCCCC(C)CC)COP(=O)(O)OC[C@@H](O)COP(=O)(O)OC[C@@H](COC(=O)CCCCCCCCCC(C)C)OC(=O)CCCCCCCCCCCCCC. The van der Waals surface area contributed by atoms with Crippen molar-refractivity contribution in [2.75, 3.05) is 39.6 Å². The highest BCUT2D eigenvalue weighted by Gasteiger charge is 2.30. The molecule has 0 fully saturated rings. The summed E-state index contributed by atoms with van der Waals surface area (Å²) < 4.78 is 68.6. The first-order valence-electron chi connectivity index (χ1n) is 41.0. The van der Waals surface area contributed by atoms with Crippen LogP contribution < -0.4 is 0 Å². The van der Waals surface area contributed by atoms with Crippen molar-refractivity contribution in [3.63, 3.8) is 0 Å². The fourth-order valence-electron chi connectivity index (χ4n) is 12.2. The first-order chi connectivity index (χ1) is 47.4. The zero-order valence-corrected chi connectivity index (χ0v) is 65.9. The number of aliphatic hydroxyl groups is 1. The second-order valence-electron chi connectivity index (χ2n) is 29.2. The summed E-state index contributed by atoms with van der Waals surface area (Å²) in [6, 6.07) is 0. The molecule has 19 heteroatoms. The summed E-state index contributed by atoms with van der Waals surface area (Å²) in [5.74, 6) is -0.599. The number of carbonyl (C=O) groups excluding carboxylic acids is 4. The van der Waals surface area contributed by atoms with E-state index in [-0.39, 0.29) is 25.7 Å². The first-order valence-corrected chi connectivity index (χ1v) is 44.0. The van der Waals surface area contributed by atoms with Crippen molar-refractivity contribution < 1.29 is 80.2 Å². The van der Waals surface area contributed by atoms with Gasteiger partial charge < -0.3 is 33.8 Å². The molecule has 98 heavy (non-hydrogen) atoms. The predicted octanol–water partition coefficient (Wildman–Crippen LogP) is 23.5. The lowest BCUT2D eigenvalue weighted by molar-refractivity contribution is -0.161. The second-order valence-corrected chi connectivity index (χ2v) is 32.1.